The first-order valence-electron chi connectivity index (χ1n) is 16.7. The maximum absolute atomic E-state index is 14.8. The molecule has 1 N–H and O–H groups in total. The number of nitrogens with one attached hydrogen (secondary N) is 1. The maximum Gasteiger partial charge on any atom is 0.410 e. The summed E-state index contributed by atoms with van der Waals surface area (Å²) in [6.07, 6.45) is 2.77. The molecule has 0 unspecified atom stereocenters. The molecule has 51 heavy (non-hydrogen) atoms. The summed E-state index contributed by atoms with van der Waals surface area (Å²) in [6.45, 7) is 8.08. The monoisotopic (exact) mass is 728 g/mol. The van der Waals surface area contributed by atoms with E-state index in [1.165, 1.54) is 40.9 Å². The molecule has 3 aromatic rings. The Morgan fingerprint density at radius 3 is 2.24 bits per heavy atom. The van der Waals surface area contributed by atoms with Gasteiger partial charge in [-0.05, 0) is 63.8 Å². The van der Waals surface area contributed by atoms with Crippen LogP contribution in [0.4, 0.5) is 25.1 Å². The molecular formula is C35H43ClF2N8O5. The number of benzene rings is 1. The minimum atomic E-state index is -0.913. The van der Waals surface area contributed by atoms with Gasteiger partial charge in [0.05, 0.1) is 28.0 Å². The second kappa shape index (κ2) is 15.2. The number of pyridine rings is 1. The van der Waals surface area contributed by atoms with Crippen LogP contribution in [0.2, 0.25) is 5.02 Å². The van der Waals surface area contributed by atoms with Crippen molar-refractivity contribution in [2.45, 2.75) is 45.6 Å². The highest BCUT2D eigenvalue weighted by Gasteiger charge is 2.31. The molecule has 4 heterocycles. The predicted molar refractivity (Wildman–Crippen MR) is 188 cm³/mol. The first-order valence-corrected chi connectivity index (χ1v) is 17.1. The molecule has 274 valence electrons. The van der Waals surface area contributed by atoms with Crippen molar-refractivity contribution in [3.05, 3.63) is 58.6 Å². The fourth-order valence-electron chi connectivity index (χ4n) is 6.13. The molecule has 0 saturated carbocycles. The third kappa shape index (κ3) is 8.75. The van der Waals surface area contributed by atoms with Crippen molar-refractivity contribution in [3.8, 4) is 11.3 Å². The summed E-state index contributed by atoms with van der Waals surface area (Å²) in [5, 5.41) is 2.80. The van der Waals surface area contributed by atoms with Gasteiger partial charge in [0.2, 0.25) is 11.9 Å². The molecule has 16 heteroatoms. The van der Waals surface area contributed by atoms with Gasteiger partial charge in [-0.1, -0.05) is 11.6 Å². The molecule has 5 rings (SSSR count). The molecule has 2 saturated heterocycles. The van der Waals surface area contributed by atoms with Crippen LogP contribution in [0.15, 0.2) is 30.5 Å². The lowest BCUT2D eigenvalue weighted by atomic mass is 9.93. The van der Waals surface area contributed by atoms with Crippen LogP contribution in [0, 0.1) is 17.7 Å². The third-order valence-corrected chi connectivity index (χ3v) is 9.22. The Morgan fingerprint density at radius 1 is 0.980 bits per heavy atom. The van der Waals surface area contributed by atoms with E-state index in [1.807, 2.05) is 20.8 Å². The zero-order valence-corrected chi connectivity index (χ0v) is 30.4. The standard InChI is InChI=1S/C35H43ClF2N8O5/c1-35(2,3)51-34(50)46-11-9-21(10-12-46)17-28(47)44-13-15-45(16-14-44)33(49)23-8-7-22(18-25(23)36)40-32(48)31-39-20-27(43(31)6)24-19-26(37)30(42(4)5)41-29(24)38/h7-8,18-21H,9-17H2,1-6H3,(H,40,48). The van der Waals surface area contributed by atoms with E-state index in [2.05, 4.69) is 15.3 Å². The van der Waals surface area contributed by atoms with E-state index in [0.29, 0.717) is 51.4 Å². The largest absolute Gasteiger partial charge is 0.444 e. The zero-order valence-electron chi connectivity index (χ0n) is 29.6. The topological polar surface area (TPSA) is 133 Å². The fraction of sp³-hybridized carbons (Fsp3) is 0.486. The number of hydrogen-bond donors (Lipinski definition) is 1. The number of halogens is 3. The van der Waals surface area contributed by atoms with Crippen molar-refractivity contribution >= 4 is 46.9 Å². The first-order chi connectivity index (χ1) is 24.0. The minimum Gasteiger partial charge on any atom is -0.444 e. The molecule has 2 aliphatic rings. The average Bonchev–Trinajstić information content (AvgIpc) is 3.45. The van der Waals surface area contributed by atoms with Crippen LogP contribution >= 0.6 is 11.6 Å². The maximum atomic E-state index is 14.8. The number of amides is 4. The van der Waals surface area contributed by atoms with Crippen molar-refractivity contribution in [1.82, 2.24) is 29.2 Å². The smallest absolute Gasteiger partial charge is 0.410 e. The zero-order chi connectivity index (χ0) is 37.2. The lowest BCUT2D eigenvalue weighted by molar-refractivity contribution is -0.134. The molecule has 0 bridgehead atoms. The Labute approximate surface area is 300 Å². The van der Waals surface area contributed by atoms with Crippen LogP contribution < -0.4 is 10.2 Å². The molecule has 13 nitrogen and oxygen atoms in total. The number of likely N-dealkylation sites (tertiary alicyclic amines) is 1. The molecule has 2 aliphatic heterocycles. The Balaban J connectivity index is 1.13. The number of imidazole rings is 1. The SMILES string of the molecule is CN(C)c1nc(F)c(-c2cnc(C(=O)Nc3ccc(C(=O)N4CCN(C(=O)CC5CCN(C(=O)OC(C)(C)C)CC5)CC4)c(Cl)c3)n2C)cc1F. The van der Waals surface area contributed by atoms with Crippen LogP contribution in [-0.4, -0.2) is 112 Å². The Hall–Kier alpha value is -4.79. The van der Waals surface area contributed by atoms with Gasteiger partial charge in [-0.3, -0.25) is 14.4 Å². The van der Waals surface area contributed by atoms with Crippen molar-refractivity contribution in [2.24, 2.45) is 13.0 Å². The summed E-state index contributed by atoms with van der Waals surface area (Å²) in [4.78, 5) is 66.1. The number of hydrogen-bond acceptors (Lipinski definition) is 8. The van der Waals surface area contributed by atoms with Crippen LogP contribution in [-0.2, 0) is 16.6 Å². The Kier molecular flexibility index (Phi) is 11.2. The van der Waals surface area contributed by atoms with Crippen LogP contribution in [0.5, 0.6) is 0 Å². The van der Waals surface area contributed by atoms with E-state index in [1.54, 1.807) is 28.8 Å². The van der Waals surface area contributed by atoms with Crippen molar-refractivity contribution < 1.29 is 32.7 Å². The molecule has 0 radical (unpaired) electrons. The molecule has 0 spiro atoms. The lowest BCUT2D eigenvalue weighted by Gasteiger charge is -2.37. The Morgan fingerprint density at radius 2 is 1.63 bits per heavy atom. The summed E-state index contributed by atoms with van der Waals surface area (Å²) < 4.78 is 36.1. The number of carbonyl (C=O) groups excluding carboxylic acids is 4. The number of aromatic nitrogens is 3. The predicted octanol–water partition coefficient (Wildman–Crippen LogP) is 5.05. The summed E-state index contributed by atoms with van der Waals surface area (Å²) in [5.74, 6) is -2.59. The molecular weight excluding hydrogens is 686 g/mol. The minimum absolute atomic E-state index is 0.0342. The van der Waals surface area contributed by atoms with Crippen LogP contribution in [0.25, 0.3) is 11.3 Å². The molecule has 0 aliphatic carbocycles. The second-order valence-corrected chi connectivity index (χ2v) is 14.4. The van der Waals surface area contributed by atoms with Crippen LogP contribution in [0.1, 0.15) is 61.0 Å². The number of nitrogens with zero attached hydrogens (tertiary/aromatic N) is 7. The quantitative estimate of drug-likeness (QED) is 0.334. The number of ether oxygens (including phenoxy) is 1. The lowest BCUT2D eigenvalue weighted by Crippen LogP contribution is -2.51. The van der Waals surface area contributed by atoms with E-state index in [0.717, 1.165) is 18.9 Å². The number of carbonyl (C=O) groups is 4. The van der Waals surface area contributed by atoms with Gasteiger partial charge >= 0.3 is 6.09 Å². The highest BCUT2D eigenvalue weighted by Crippen LogP contribution is 2.29. The molecule has 2 aromatic heterocycles. The number of piperidine rings is 1. The van der Waals surface area contributed by atoms with Crippen molar-refractivity contribution in [2.75, 3.05) is 63.6 Å². The van der Waals surface area contributed by atoms with Gasteiger partial charge in [0.15, 0.2) is 17.5 Å². The number of rotatable bonds is 7. The van der Waals surface area contributed by atoms with E-state index in [-0.39, 0.29) is 57.3 Å². The van der Waals surface area contributed by atoms with Crippen molar-refractivity contribution in [3.63, 3.8) is 0 Å². The summed E-state index contributed by atoms with van der Waals surface area (Å²) >= 11 is 6.50. The molecule has 1 aromatic carbocycles. The molecule has 0 atom stereocenters. The van der Waals surface area contributed by atoms with Gasteiger partial charge < -0.3 is 34.2 Å². The van der Waals surface area contributed by atoms with Crippen molar-refractivity contribution in [1.29, 1.82) is 0 Å². The normalized spacial score (nSPS) is 15.5. The van der Waals surface area contributed by atoms with E-state index in [4.69, 9.17) is 16.3 Å². The highest BCUT2D eigenvalue weighted by molar-refractivity contribution is 6.34. The van der Waals surface area contributed by atoms with Gasteiger partial charge in [-0.15, -0.1) is 0 Å². The number of piperazine rings is 1. The van der Waals surface area contributed by atoms with E-state index in [9.17, 15) is 28.0 Å². The summed E-state index contributed by atoms with van der Waals surface area (Å²) in [5.41, 5.74) is -0.0130. The van der Waals surface area contributed by atoms with Gasteiger partial charge in [0, 0.05) is 72.5 Å². The summed E-state index contributed by atoms with van der Waals surface area (Å²) in [6, 6.07) is 5.50. The highest BCUT2D eigenvalue weighted by atomic mass is 35.5. The van der Waals surface area contributed by atoms with Crippen LogP contribution in [0.3, 0.4) is 0 Å². The van der Waals surface area contributed by atoms with Gasteiger partial charge in [0.1, 0.15) is 5.60 Å². The second-order valence-electron chi connectivity index (χ2n) is 14.0. The molecule has 4 amide bonds. The average molecular weight is 729 g/mol. The third-order valence-electron chi connectivity index (χ3n) is 8.91. The van der Waals surface area contributed by atoms with Gasteiger partial charge in [0.25, 0.3) is 11.8 Å². The molecule has 2 fully saturated rings. The Bertz CT molecular complexity index is 1810. The fourth-order valence-corrected chi connectivity index (χ4v) is 6.39. The summed E-state index contributed by atoms with van der Waals surface area (Å²) in [7, 11) is 4.58. The van der Waals surface area contributed by atoms with Gasteiger partial charge in [-0.25, -0.2) is 14.2 Å². The number of anilines is 2. The van der Waals surface area contributed by atoms with E-state index < -0.39 is 23.3 Å². The first kappa shape index (κ1) is 37.5. The van der Waals surface area contributed by atoms with E-state index >= 15 is 0 Å². The van der Waals surface area contributed by atoms with Gasteiger partial charge in [-0.2, -0.15) is 9.37 Å².